The van der Waals surface area contributed by atoms with Crippen molar-refractivity contribution >= 4 is 11.8 Å². The number of hydrogen-bond donors (Lipinski definition) is 1. The van der Waals surface area contributed by atoms with Crippen LogP contribution in [0.15, 0.2) is 34.7 Å². The van der Waals surface area contributed by atoms with Crippen LogP contribution in [0.3, 0.4) is 0 Å². The van der Waals surface area contributed by atoms with Crippen LogP contribution in [0, 0.1) is 5.41 Å². The van der Waals surface area contributed by atoms with Gasteiger partial charge in [0.2, 0.25) is 5.75 Å². The van der Waals surface area contributed by atoms with Crippen molar-refractivity contribution in [2.75, 3.05) is 21.3 Å². The molecule has 34 heavy (non-hydrogen) atoms. The molecule has 1 atom stereocenters. The van der Waals surface area contributed by atoms with E-state index in [1.165, 1.54) is 0 Å². The zero-order valence-corrected chi connectivity index (χ0v) is 21.0. The number of benzene rings is 1. The van der Waals surface area contributed by atoms with E-state index >= 15 is 0 Å². The molecule has 0 amide bonds. The van der Waals surface area contributed by atoms with E-state index in [2.05, 4.69) is 19.2 Å². The van der Waals surface area contributed by atoms with E-state index in [0.717, 1.165) is 43.4 Å². The number of esters is 1. The largest absolute Gasteiger partial charge is 0.493 e. The smallest absolute Gasteiger partial charge is 0.337 e. The molecule has 1 aromatic carbocycles. The first kappa shape index (κ1) is 24.2. The quantitative estimate of drug-likeness (QED) is 0.599. The lowest BCUT2D eigenvalue weighted by Crippen LogP contribution is -2.39. The minimum absolute atomic E-state index is 0.0381. The number of carbonyl (C=O) groups is 2. The van der Waals surface area contributed by atoms with Gasteiger partial charge in [-0.05, 0) is 62.1 Å². The normalized spacial score (nSPS) is 22.3. The number of Topliss-reactive ketones (excluding diaryl/α,β-unsaturated/α-hetero) is 1. The van der Waals surface area contributed by atoms with Crippen LogP contribution in [0.5, 0.6) is 17.2 Å². The fourth-order valence-corrected chi connectivity index (χ4v) is 5.53. The zero-order valence-electron chi connectivity index (χ0n) is 21.0. The molecule has 4 rings (SSSR count). The predicted molar refractivity (Wildman–Crippen MR) is 128 cm³/mol. The molecular weight excluding hydrogens is 434 g/mol. The summed E-state index contributed by atoms with van der Waals surface area (Å²) in [5, 5.41) is 3.39. The van der Waals surface area contributed by atoms with Crippen LogP contribution < -0.4 is 19.5 Å². The van der Waals surface area contributed by atoms with Crippen LogP contribution in [0.2, 0.25) is 0 Å². The molecule has 1 fully saturated rings. The second-order valence-electron chi connectivity index (χ2n) is 10.2. The van der Waals surface area contributed by atoms with Crippen LogP contribution in [-0.2, 0) is 14.3 Å². The monoisotopic (exact) mass is 469 g/mol. The highest BCUT2D eigenvalue weighted by atomic mass is 16.5. The molecule has 0 aromatic heterocycles. The lowest BCUT2D eigenvalue weighted by atomic mass is 9.68. The number of dihydropyridines is 1. The first-order chi connectivity index (χ1) is 16.2. The van der Waals surface area contributed by atoms with Gasteiger partial charge in [-0.25, -0.2) is 4.79 Å². The molecule has 7 heteroatoms. The van der Waals surface area contributed by atoms with Crippen LogP contribution in [0.4, 0.5) is 0 Å². The third-order valence-corrected chi connectivity index (χ3v) is 7.06. The predicted octanol–water partition coefficient (Wildman–Crippen LogP) is 4.80. The minimum Gasteiger partial charge on any atom is -0.493 e. The fraction of sp³-hybridized carbons (Fsp3) is 0.556. The van der Waals surface area contributed by atoms with Crippen LogP contribution >= 0.6 is 0 Å². The summed E-state index contributed by atoms with van der Waals surface area (Å²) in [7, 11) is 4.66. The Bertz CT molecular complexity index is 1040. The maximum Gasteiger partial charge on any atom is 0.337 e. The van der Waals surface area contributed by atoms with Crippen molar-refractivity contribution < 1.29 is 28.5 Å². The summed E-state index contributed by atoms with van der Waals surface area (Å²) in [5.41, 5.74) is 3.24. The van der Waals surface area contributed by atoms with Crippen molar-refractivity contribution in [1.82, 2.24) is 5.32 Å². The Morgan fingerprint density at radius 1 is 1.00 bits per heavy atom. The number of ketones is 1. The highest BCUT2D eigenvalue weighted by molar-refractivity contribution is 6.04. The van der Waals surface area contributed by atoms with E-state index in [0.29, 0.717) is 40.5 Å². The Hall–Kier alpha value is -2.96. The number of rotatable bonds is 6. The maximum atomic E-state index is 13.5. The first-order valence-corrected chi connectivity index (χ1v) is 11.9. The van der Waals surface area contributed by atoms with Gasteiger partial charge < -0.3 is 24.3 Å². The van der Waals surface area contributed by atoms with Gasteiger partial charge in [0.25, 0.3) is 0 Å². The average Bonchev–Trinajstić information content (AvgIpc) is 3.28. The van der Waals surface area contributed by atoms with Gasteiger partial charge in [0, 0.05) is 29.3 Å². The van der Waals surface area contributed by atoms with Gasteiger partial charge in [-0.1, -0.05) is 13.8 Å². The molecule has 0 saturated heterocycles. The van der Waals surface area contributed by atoms with E-state index in [9.17, 15) is 9.59 Å². The molecule has 1 aliphatic heterocycles. The minimum atomic E-state index is -0.581. The average molecular weight is 470 g/mol. The van der Waals surface area contributed by atoms with Gasteiger partial charge in [0.1, 0.15) is 6.10 Å². The highest BCUT2D eigenvalue weighted by Crippen LogP contribution is 2.49. The van der Waals surface area contributed by atoms with E-state index in [4.69, 9.17) is 18.9 Å². The summed E-state index contributed by atoms with van der Waals surface area (Å²) in [6.45, 7) is 6.06. The van der Waals surface area contributed by atoms with E-state index < -0.39 is 5.92 Å². The van der Waals surface area contributed by atoms with E-state index in [1.54, 1.807) is 21.3 Å². The maximum absolute atomic E-state index is 13.5. The first-order valence-electron chi connectivity index (χ1n) is 11.9. The van der Waals surface area contributed by atoms with Gasteiger partial charge in [0.05, 0.1) is 26.9 Å². The molecule has 7 nitrogen and oxygen atoms in total. The molecule has 1 saturated carbocycles. The number of ether oxygens (including phenoxy) is 4. The summed E-state index contributed by atoms with van der Waals surface area (Å²) in [6, 6.07) is 3.65. The van der Waals surface area contributed by atoms with Gasteiger partial charge in [0.15, 0.2) is 17.3 Å². The zero-order chi connectivity index (χ0) is 24.6. The molecule has 1 unspecified atom stereocenters. The number of allylic oxidation sites excluding steroid dienone is 3. The number of nitrogens with one attached hydrogen (secondary N) is 1. The van der Waals surface area contributed by atoms with Gasteiger partial charge >= 0.3 is 5.97 Å². The summed E-state index contributed by atoms with van der Waals surface area (Å²) < 4.78 is 22.6. The van der Waals surface area contributed by atoms with Crippen molar-refractivity contribution in [1.29, 1.82) is 0 Å². The topological polar surface area (TPSA) is 83.1 Å². The molecule has 184 valence electrons. The van der Waals surface area contributed by atoms with Gasteiger partial charge in [-0.3, -0.25) is 4.79 Å². The number of methoxy groups -OCH3 is 3. The Labute approximate surface area is 201 Å². The Kier molecular flexibility index (Phi) is 6.65. The lowest BCUT2D eigenvalue weighted by Gasteiger charge is -2.39. The lowest BCUT2D eigenvalue weighted by molar-refractivity contribution is -0.144. The molecule has 0 radical (unpaired) electrons. The summed E-state index contributed by atoms with van der Waals surface area (Å²) >= 11 is 0. The molecule has 3 aliphatic rings. The molecule has 1 N–H and O–H groups in total. The molecule has 1 heterocycles. The summed E-state index contributed by atoms with van der Waals surface area (Å²) in [5.74, 6) is 0.492. The standard InChI is InChI=1S/C27H35NO6/c1-15-22(26(30)34-17-9-7-8-10-17)23(24-18(28-15)13-27(2,3)14-19(24)29)16-11-20(31-4)25(33-6)21(12-16)32-5/h11-12,17,23,28H,7-10,13-14H2,1-6H3. The van der Waals surface area contributed by atoms with Crippen LogP contribution in [-0.4, -0.2) is 39.2 Å². The Balaban J connectivity index is 1.87. The van der Waals surface area contributed by atoms with Gasteiger partial charge in [-0.15, -0.1) is 0 Å². The SMILES string of the molecule is COc1cc(C2C(C(=O)OC3CCCC3)=C(C)NC3=C2C(=O)CC(C)(C)C3)cc(OC)c1OC. The summed E-state index contributed by atoms with van der Waals surface area (Å²) in [4.78, 5) is 27.1. The number of hydrogen-bond acceptors (Lipinski definition) is 7. The van der Waals surface area contributed by atoms with E-state index in [1.807, 2.05) is 19.1 Å². The van der Waals surface area contributed by atoms with Crippen LogP contribution in [0.1, 0.15) is 70.8 Å². The van der Waals surface area contributed by atoms with Crippen molar-refractivity contribution in [3.63, 3.8) is 0 Å². The number of carbonyl (C=O) groups excluding carboxylic acids is 2. The summed E-state index contributed by atoms with van der Waals surface area (Å²) in [6.07, 6.45) is 4.93. The van der Waals surface area contributed by atoms with Gasteiger partial charge in [-0.2, -0.15) is 0 Å². The second kappa shape index (κ2) is 9.35. The Morgan fingerprint density at radius 3 is 2.18 bits per heavy atom. The van der Waals surface area contributed by atoms with Crippen molar-refractivity contribution in [3.8, 4) is 17.2 Å². The Morgan fingerprint density at radius 2 is 1.62 bits per heavy atom. The van der Waals surface area contributed by atoms with Crippen molar-refractivity contribution in [2.45, 2.75) is 71.3 Å². The molecule has 2 aliphatic carbocycles. The third-order valence-electron chi connectivity index (χ3n) is 7.06. The molecular formula is C27H35NO6. The third kappa shape index (κ3) is 4.40. The highest BCUT2D eigenvalue weighted by Gasteiger charge is 2.44. The van der Waals surface area contributed by atoms with E-state index in [-0.39, 0.29) is 23.3 Å². The molecule has 0 bridgehead atoms. The second-order valence-corrected chi connectivity index (χ2v) is 10.2. The van der Waals surface area contributed by atoms with Crippen molar-refractivity contribution in [2.24, 2.45) is 5.41 Å². The van der Waals surface area contributed by atoms with Crippen LogP contribution in [0.25, 0.3) is 0 Å². The molecule has 1 aromatic rings. The molecule has 0 spiro atoms. The van der Waals surface area contributed by atoms with Crippen molar-refractivity contribution in [3.05, 3.63) is 40.2 Å². The fourth-order valence-electron chi connectivity index (χ4n) is 5.53.